The molecule has 1 saturated heterocycles. The Morgan fingerprint density at radius 1 is 0.482 bits per heavy atom. The number of amides is 9. The van der Waals surface area contributed by atoms with E-state index in [2.05, 4.69) is 129 Å². The summed E-state index contributed by atoms with van der Waals surface area (Å²) >= 11 is 24.1. The summed E-state index contributed by atoms with van der Waals surface area (Å²) in [5.74, 6) is -9.25. The molecular weight excluding hydrogens is 857 g/mol. The molecule has 1 rings (SSSR count). The second kappa shape index (κ2) is 27.4. The molecule has 0 unspecified atom stereocenters. The van der Waals surface area contributed by atoms with Gasteiger partial charge in [0.05, 0.1) is 25.7 Å². The topological polar surface area (TPSA) is 311 Å². The van der Waals surface area contributed by atoms with Crippen LogP contribution in [0.25, 0.3) is 0 Å². The number of hydrogen-bond donors (Lipinski definition) is 17. The number of thiol groups is 6. The van der Waals surface area contributed by atoms with Crippen molar-refractivity contribution in [1.82, 2.24) is 53.2 Å². The molecule has 0 aromatic heterocycles. The van der Waals surface area contributed by atoms with Crippen molar-refractivity contribution in [2.75, 3.05) is 60.7 Å². The fourth-order valence-corrected chi connectivity index (χ4v) is 6.02. The first kappa shape index (κ1) is 50.8. The minimum atomic E-state index is -1.32. The molecule has 0 aromatic rings. The largest absolute Gasteiger partial charge is 0.480 e. The van der Waals surface area contributed by atoms with E-state index in [1.54, 1.807) is 0 Å². The van der Waals surface area contributed by atoms with Gasteiger partial charge in [-0.3, -0.25) is 43.2 Å². The van der Waals surface area contributed by atoms with Gasteiger partial charge in [0.25, 0.3) is 0 Å². The van der Waals surface area contributed by atoms with Crippen molar-refractivity contribution in [2.24, 2.45) is 0 Å². The normalized spacial score (nSPS) is 16.6. The first-order valence-corrected chi connectivity index (χ1v) is 20.6. The standard InChI is InChI=1S/C29H48N10O11S6/c40-20(34-14(7-51)23(43)31-6-22(42)36-19(12-56)29(49)50)4-32-24(44)15(8-52)37-27(47)17(10-54)35-21(41)5-33-25(45)16(9-53)38-28(48)18(11-55)39-26(46)13-2-1-3-30-13/h13-19,30,51-56H,1-12H2,(H,31,43)(H,32,44)(H,33,45)(H,34,40)(H,35,41)(H,36,42)(H,37,47)(H,38,48)(H,39,46)(H,49,50)/t13-,14-,15-,16-,17-,18-,19-/m0/s1. The van der Waals surface area contributed by atoms with Crippen LogP contribution >= 0.6 is 75.8 Å². The van der Waals surface area contributed by atoms with E-state index in [0.29, 0.717) is 13.0 Å². The second-order valence-electron chi connectivity index (χ2n) is 11.8. The molecule has 0 aliphatic carbocycles. The van der Waals surface area contributed by atoms with Crippen LogP contribution < -0.4 is 53.2 Å². The number of carbonyl (C=O) groups is 10. The van der Waals surface area contributed by atoms with E-state index in [0.717, 1.165) is 6.42 Å². The first-order valence-electron chi connectivity index (χ1n) is 16.8. The minimum absolute atomic E-state index is 0.0507. The zero-order valence-corrected chi connectivity index (χ0v) is 35.1. The average molecular weight is 905 g/mol. The number of aliphatic carboxylic acids is 1. The van der Waals surface area contributed by atoms with E-state index < -0.39 is 115 Å². The van der Waals surface area contributed by atoms with Crippen LogP contribution in [-0.4, -0.2) is 167 Å². The monoisotopic (exact) mass is 904 g/mol. The zero-order valence-electron chi connectivity index (χ0n) is 29.7. The molecular formula is C29H48N10O11S6. The minimum Gasteiger partial charge on any atom is -0.480 e. The number of carboxylic acid groups (broad SMARTS) is 1. The molecule has 316 valence electrons. The molecule has 0 saturated carbocycles. The Balaban J connectivity index is 2.59. The van der Waals surface area contributed by atoms with E-state index in [9.17, 15) is 47.9 Å². The van der Waals surface area contributed by atoms with Crippen molar-refractivity contribution in [3.05, 3.63) is 0 Å². The molecule has 11 N–H and O–H groups in total. The van der Waals surface area contributed by atoms with Gasteiger partial charge in [0.1, 0.15) is 36.3 Å². The molecule has 9 amide bonds. The summed E-state index contributed by atoms with van der Waals surface area (Å²) in [5, 5.41) is 33.0. The summed E-state index contributed by atoms with van der Waals surface area (Å²) in [6.45, 7) is -1.20. The molecule has 1 heterocycles. The number of rotatable bonds is 25. The summed E-state index contributed by atoms with van der Waals surface area (Å²) < 4.78 is 0. The smallest absolute Gasteiger partial charge is 0.327 e. The number of carbonyl (C=O) groups excluding carboxylic acids is 9. The van der Waals surface area contributed by atoms with E-state index >= 15 is 0 Å². The third kappa shape index (κ3) is 18.4. The summed E-state index contributed by atoms with van der Waals surface area (Å²) in [4.78, 5) is 124. The van der Waals surface area contributed by atoms with Crippen LogP contribution in [0.2, 0.25) is 0 Å². The zero-order chi connectivity index (χ0) is 42.4. The Morgan fingerprint density at radius 3 is 1.12 bits per heavy atom. The lowest BCUT2D eigenvalue weighted by atomic mass is 10.2. The van der Waals surface area contributed by atoms with E-state index in [4.69, 9.17) is 5.11 Å². The molecule has 1 aliphatic rings. The highest BCUT2D eigenvalue weighted by Gasteiger charge is 2.30. The predicted octanol–water partition coefficient (Wildman–Crippen LogP) is -6.34. The summed E-state index contributed by atoms with van der Waals surface area (Å²) in [6, 6.07) is -7.78. The fourth-order valence-electron chi connectivity index (χ4n) is 4.49. The first-order chi connectivity index (χ1) is 26.5. The Kier molecular flexibility index (Phi) is 24.8. The van der Waals surface area contributed by atoms with Gasteiger partial charge in [0, 0.05) is 34.5 Å². The maximum atomic E-state index is 12.9. The Hall–Kier alpha value is -3.24. The highest BCUT2D eigenvalue weighted by atomic mass is 32.1. The van der Waals surface area contributed by atoms with Crippen molar-refractivity contribution >= 4 is 135 Å². The van der Waals surface area contributed by atoms with Gasteiger partial charge >= 0.3 is 5.97 Å². The summed E-state index contributed by atoms with van der Waals surface area (Å²) in [7, 11) is 0. The molecule has 1 aliphatic heterocycles. The van der Waals surface area contributed by atoms with E-state index in [1.165, 1.54) is 0 Å². The van der Waals surface area contributed by atoms with Crippen LogP contribution in [0.1, 0.15) is 12.8 Å². The van der Waals surface area contributed by atoms with Crippen LogP contribution in [0.15, 0.2) is 0 Å². The Labute approximate surface area is 355 Å². The van der Waals surface area contributed by atoms with Crippen molar-refractivity contribution in [1.29, 1.82) is 0 Å². The third-order valence-electron chi connectivity index (χ3n) is 7.58. The SMILES string of the molecule is O=C(CNC(=O)[C@H](CS)NC(=O)CNC(=O)[C@H](CS)NC(=O)[C@H](CS)NC(=O)CNC(=O)[C@H](CS)NC(=O)[C@H](CS)NC(=O)[C@@H]1CCCN1)N[C@@H](CS)C(=O)O. The fraction of sp³-hybridized carbons (Fsp3) is 0.655. The number of carboxylic acids is 1. The van der Waals surface area contributed by atoms with Crippen LogP contribution in [0.5, 0.6) is 0 Å². The third-order valence-corrected chi connectivity index (χ3v) is 9.77. The van der Waals surface area contributed by atoms with Gasteiger partial charge in [0.15, 0.2) is 0 Å². The Bertz CT molecular complexity index is 1430. The molecule has 0 bridgehead atoms. The molecule has 27 heteroatoms. The maximum Gasteiger partial charge on any atom is 0.327 e. The molecule has 0 spiro atoms. The maximum absolute atomic E-state index is 12.9. The van der Waals surface area contributed by atoms with Crippen LogP contribution in [-0.2, 0) is 47.9 Å². The van der Waals surface area contributed by atoms with Gasteiger partial charge < -0.3 is 58.3 Å². The quantitative estimate of drug-likeness (QED) is 0.0381. The van der Waals surface area contributed by atoms with Gasteiger partial charge in [-0.25, -0.2) is 4.79 Å². The lowest BCUT2D eigenvalue weighted by molar-refractivity contribution is -0.141. The molecule has 21 nitrogen and oxygen atoms in total. The highest BCUT2D eigenvalue weighted by Crippen LogP contribution is 2.06. The van der Waals surface area contributed by atoms with Crippen molar-refractivity contribution < 1.29 is 53.1 Å². The summed E-state index contributed by atoms with van der Waals surface area (Å²) in [6.07, 6.45) is 1.43. The molecule has 56 heavy (non-hydrogen) atoms. The van der Waals surface area contributed by atoms with Crippen LogP contribution in [0.4, 0.5) is 0 Å². The molecule has 1 fully saturated rings. The van der Waals surface area contributed by atoms with Gasteiger partial charge in [0.2, 0.25) is 53.2 Å². The lowest BCUT2D eigenvalue weighted by Crippen LogP contribution is -2.58. The second-order valence-corrected chi connectivity index (χ2v) is 14.0. The van der Waals surface area contributed by atoms with Crippen LogP contribution in [0, 0.1) is 0 Å². The van der Waals surface area contributed by atoms with E-state index in [1.807, 2.05) is 0 Å². The average Bonchev–Trinajstić information content (AvgIpc) is 3.73. The summed E-state index contributed by atoms with van der Waals surface area (Å²) in [5.41, 5.74) is 0. The van der Waals surface area contributed by atoms with Gasteiger partial charge in [-0.15, -0.1) is 0 Å². The molecule has 0 radical (unpaired) electrons. The van der Waals surface area contributed by atoms with Crippen molar-refractivity contribution in [3.8, 4) is 0 Å². The van der Waals surface area contributed by atoms with Gasteiger partial charge in [-0.05, 0) is 19.4 Å². The van der Waals surface area contributed by atoms with Crippen LogP contribution in [0.3, 0.4) is 0 Å². The number of hydrogen-bond acceptors (Lipinski definition) is 17. The predicted molar refractivity (Wildman–Crippen MR) is 222 cm³/mol. The van der Waals surface area contributed by atoms with Gasteiger partial charge in [-0.2, -0.15) is 75.8 Å². The number of nitrogens with one attached hydrogen (secondary N) is 10. The van der Waals surface area contributed by atoms with Crippen molar-refractivity contribution in [2.45, 2.75) is 55.1 Å². The van der Waals surface area contributed by atoms with E-state index in [-0.39, 0.29) is 40.4 Å². The highest BCUT2D eigenvalue weighted by molar-refractivity contribution is 7.81. The molecule has 7 atom stereocenters. The van der Waals surface area contributed by atoms with Crippen molar-refractivity contribution in [3.63, 3.8) is 0 Å². The Morgan fingerprint density at radius 2 is 0.804 bits per heavy atom. The lowest BCUT2D eigenvalue weighted by Gasteiger charge is -2.23. The van der Waals surface area contributed by atoms with Gasteiger partial charge in [-0.1, -0.05) is 0 Å². The molecule has 0 aromatic carbocycles.